The summed E-state index contributed by atoms with van der Waals surface area (Å²) in [6.45, 7) is 4.05. The van der Waals surface area contributed by atoms with Gasteiger partial charge < -0.3 is 15.0 Å². The molecule has 34 heavy (non-hydrogen) atoms. The van der Waals surface area contributed by atoms with Crippen molar-refractivity contribution in [1.82, 2.24) is 0 Å². The molecule has 0 aliphatic carbocycles. The van der Waals surface area contributed by atoms with Crippen LogP contribution in [0, 0.1) is 6.92 Å². The number of rotatable bonds is 6. The third-order valence-corrected chi connectivity index (χ3v) is 6.33. The normalized spacial score (nSPS) is 15.9. The third kappa shape index (κ3) is 3.92. The second kappa shape index (κ2) is 9.06. The molecule has 3 aromatic carbocycles. The molecule has 2 aliphatic heterocycles. The number of hydrogen-bond donors (Lipinski definition) is 1. The lowest BCUT2D eigenvalue weighted by Gasteiger charge is -2.19. The van der Waals surface area contributed by atoms with Crippen molar-refractivity contribution in [2.75, 3.05) is 35.3 Å². The molecule has 5 rings (SSSR count). The fourth-order valence-electron chi connectivity index (χ4n) is 4.59. The largest absolute Gasteiger partial charge is 0.495 e. The van der Waals surface area contributed by atoms with Gasteiger partial charge in [-0.3, -0.25) is 9.59 Å². The third-order valence-electron chi connectivity index (χ3n) is 6.33. The van der Waals surface area contributed by atoms with Crippen LogP contribution >= 0.6 is 0 Å². The number of ether oxygens (including phenoxy) is 1. The van der Waals surface area contributed by atoms with Gasteiger partial charge >= 0.3 is 0 Å². The second-order valence-electron chi connectivity index (χ2n) is 8.60. The van der Waals surface area contributed by atoms with Crippen molar-refractivity contribution in [1.29, 1.82) is 0 Å². The molecule has 0 aromatic heterocycles. The van der Waals surface area contributed by atoms with E-state index in [-0.39, 0.29) is 11.6 Å². The van der Waals surface area contributed by atoms with Crippen molar-refractivity contribution in [3.63, 3.8) is 0 Å². The van der Waals surface area contributed by atoms with E-state index in [1.807, 2.05) is 55.5 Å². The number of imide groups is 1. The molecular formula is C28H27N3O3. The summed E-state index contributed by atoms with van der Waals surface area (Å²) < 4.78 is 5.48. The van der Waals surface area contributed by atoms with Gasteiger partial charge in [0.25, 0.3) is 11.8 Å². The first-order valence-corrected chi connectivity index (χ1v) is 11.5. The maximum atomic E-state index is 13.7. The number of carbonyl (C=O) groups is 2. The minimum atomic E-state index is -0.406. The number of benzene rings is 3. The average molecular weight is 454 g/mol. The zero-order valence-electron chi connectivity index (χ0n) is 19.4. The fraction of sp³-hybridized carbons (Fsp3) is 0.214. The van der Waals surface area contributed by atoms with Crippen LogP contribution in [0.1, 0.15) is 24.0 Å². The van der Waals surface area contributed by atoms with Crippen molar-refractivity contribution in [2.45, 2.75) is 19.8 Å². The Morgan fingerprint density at radius 1 is 0.853 bits per heavy atom. The van der Waals surface area contributed by atoms with Crippen molar-refractivity contribution in [2.24, 2.45) is 0 Å². The maximum absolute atomic E-state index is 13.7. The van der Waals surface area contributed by atoms with Gasteiger partial charge in [0.2, 0.25) is 0 Å². The molecule has 6 nitrogen and oxygen atoms in total. The summed E-state index contributed by atoms with van der Waals surface area (Å²) in [6.07, 6.45) is 2.42. The molecule has 0 saturated carbocycles. The highest BCUT2D eigenvalue weighted by molar-refractivity contribution is 6.46. The van der Waals surface area contributed by atoms with Gasteiger partial charge in [-0.2, -0.15) is 0 Å². The van der Waals surface area contributed by atoms with Gasteiger partial charge in [0.05, 0.1) is 18.4 Å². The van der Waals surface area contributed by atoms with Gasteiger partial charge in [-0.1, -0.05) is 36.4 Å². The zero-order chi connectivity index (χ0) is 23.7. The summed E-state index contributed by atoms with van der Waals surface area (Å²) in [5.41, 5.74) is 4.58. The van der Waals surface area contributed by atoms with E-state index in [9.17, 15) is 9.59 Å². The zero-order valence-corrected chi connectivity index (χ0v) is 19.4. The minimum Gasteiger partial charge on any atom is -0.495 e. The van der Waals surface area contributed by atoms with Crippen LogP contribution < -0.4 is 19.9 Å². The van der Waals surface area contributed by atoms with Crippen molar-refractivity contribution in [3.8, 4) is 5.75 Å². The predicted octanol–water partition coefficient (Wildman–Crippen LogP) is 5.00. The Labute approximate surface area is 199 Å². The second-order valence-corrected chi connectivity index (χ2v) is 8.60. The van der Waals surface area contributed by atoms with E-state index in [1.54, 1.807) is 12.1 Å². The molecule has 0 radical (unpaired) electrons. The standard InChI is InChI=1S/C28H27N3O3/c1-19-10-15-24(34-2)23(18-19)31-27(32)25(20-8-4-3-5-9-20)26(28(31)33)29-21-11-13-22(14-12-21)30-16-6-7-17-30/h3-5,8-15,18,29H,6-7,16-17H2,1-2H3. The molecule has 0 unspecified atom stereocenters. The highest BCUT2D eigenvalue weighted by atomic mass is 16.5. The molecule has 1 N–H and O–H groups in total. The Kier molecular flexibility index (Phi) is 5.80. The monoisotopic (exact) mass is 453 g/mol. The lowest BCUT2D eigenvalue weighted by molar-refractivity contribution is -0.120. The van der Waals surface area contributed by atoms with Crippen LogP contribution in [0.2, 0.25) is 0 Å². The van der Waals surface area contributed by atoms with E-state index in [1.165, 1.54) is 30.5 Å². The van der Waals surface area contributed by atoms with Crippen LogP contribution in [-0.2, 0) is 9.59 Å². The Morgan fingerprint density at radius 3 is 2.24 bits per heavy atom. The Hall–Kier alpha value is -4.06. The van der Waals surface area contributed by atoms with E-state index in [4.69, 9.17) is 4.74 Å². The number of nitrogens with zero attached hydrogens (tertiary/aromatic N) is 2. The summed E-state index contributed by atoms with van der Waals surface area (Å²) >= 11 is 0. The van der Waals surface area contributed by atoms with Crippen LogP contribution in [-0.4, -0.2) is 32.0 Å². The van der Waals surface area contributed by atoms with Crippen molar-refractivity contribution in [3.05, 3.63) is 89.6 Å². The van der Waals surface area contributed by atoms with Gasteiger partial charge in [0, 0.05) is 24.5 Å². The molecule has 6 heteroatoms. The summed E-state index contributed by atoms with van der Waals surface area (Å²) in [5, 5.41) is 3.25. The Balaban J connectivity index is 1.54. The molecule has 2 amide bonds. The van der Waals surface area contributed by atoms with E-state index in [0.29, 0.717) is 22.6 Å². The fourth-order valence-corrected chi connectivity index (χ4v) is 4.59. The number of amides is 2. The average Bonchev–Trinajstić information content (AvgIpc) is 3.47. The smallest absolute Gasteiger partial charge is 0.282 e. The van der Waals surface area contributed by atoms with Gasteiger partial charge in [-0.05, 0) is 67.3 Å². The number of carbonyl (C=O) groups excluding carboxylic acids is 2. The summed E-state index contributed by atoms with van der Waals surface area (Å²) in [6, 6.07) is 22.8. The molecule has 0 spiro atoms. The number of methoxy groups -OCH3 is 1. The van der Waals surface area contributed by atoms with Gasteiger partial charge in [-0.15, -0.1) is 0 Å². The van der Waals surface area contributed by atoms with Gasteiger partial charge in [0.1, 0.15) is 11.4 Å². The van der Waals surface area contributed by atoms with Gasteiger partial charge in [-0.25, -0.2) is 4.90 Å². The first-order valence-electron chi connectivity index (χ1n) is 11.5. The number of anilines is 3. The highest BCUT2D eigenvalue weighted by Gasteiger charge is 2.41. The molecule has 2 aliphatic rings. The summed E-state index contributed by atoms with van der Waals surface area (Å²) in [4.78, 5) is 30.9. The summed E-state index contributed by atoms with van der Waals surface area (Å²) in [7, 11) is 1.53. The molecule has 3 aromatic rings. The van der Waals surface area contributed by atoms with Crippen molar-refractivity contribution < 1.29 is 14.3 Å². The first-order chi connectivity index (χ1) is 16.6. The van der Waals surface area contributed by atoms with Crippen LogP contribution in [0.25, 0.3) is 5.57 Å². The van der Waals surface area contributed by atoms with Gasteiger partial charge in [0.15, 0.2) is 0 Å². The Morgan fingerprint density at radius 2 is 1.56 bits per heavy atom. The van der Waals surface area contributed by atoms with Crippen LogP contribution in [0.15, 0.2) is 78.5 Å². The van der Waals surface area contributed by atoms with Crippen LogP contribution in [0.4, 0.5) is 17.1 Å². The number of nitrogens with one attached hydrogen (secondary N) is 1. The SMILES string of the molecule is COc1ccc(C)cc1N1C(=O)C(Nc2ccc(N3CCCC3)cc2)=C(c2ccccc2)C1=O. The van der Waals surface area contributed by atoms with E-state index in [0.717, 1.165) is 24.3 Å². The van der Waals surface area contributed by atoms with E-state index in [2.05, 4.69) is 22.3 Å². The lowest BCUT2D eigenvalue weighted by Crippen LogP contribution is -2.32. The minimum absolute atomic E-state index is 0.258. The van der Waals surface area contributed by atoms with E-state index < -0.39 is 5.91 Å². The number of aryl methyl sites for hydroxylation is 1. The molecular weight excluding hydrogens is 426 g/mol. The number of hydrogen-bond acceptors (Lipinski definition) is 5. The quantitative estimate of drug-likeness (QED) is 0.532. The molecule has 172 valence electrons. The van der Waals surface area contributed by atoms with E-state index >= 15 is 0 Å². The highest BCUT2D eigenvalue weighted by Crippen LogP contribution is 2.38. The predicted molar refractivity (Wildman–Crippen MR) is 135 cm³/mol. The van der Waals surface area contributed by atoms with Crippen molar-refractivity contribution >= 4 is 34.4 Å². The maximum Gasteiger partial charge on any atom is 0.282 e. The molecule has 1 saturated heterocycles. The molecule has 0 atom stereocenters. The van der Waals surface area contributed by atoms with Crippen LogP contribution in [0.3, 0.4) is 0 Å². The van der Waals surface area contributed by atoms with Crippen LogP contribution in [0.5, 0.6) is 5.75 Å². The molecule has 0 bridgehead atoms. The summed E-state index contributed by atoms with van der Waals surface area (Å²) in [5.74, 6) is -0.316. The topological polar surface area (TPSA) is 61.9 Å². The molecule has 2 heterocycles. The first kappa shape index (κ1) is 21.8. The Bertz CT molecular complexity index is 1260. The molecule has 1 fully saturated rings. The lowest BCUT2D eigenvalue weighted by atomic mass is 10.0.